The zero-order valence-corrected chi connectivity index (χ0v) is 9.98. The van der Waals surface area contributed by atoms with E-state index in [4.69, 9.17) is 35.9 Å². The van der Waals surface area contributed by atoms with Gasteiger partial charge in [0.05, 0.1) is 0 Å². The molecule has 18 heavy (non-hydrogen) atoms. The van der Waals surface area contributed by atoms with Gasteiger partial charge < -0.3 is 20.1 Å². The van der Waals surface area contributed by atoms with Crippen LogP contribution < -0.4 is 5.32 Å². The lowest BCUT2D eigenvalue weighted by atomic mass is 10.1. The van der Waals surface area contributed by atoms with Crippen molar-refractivity contribution < 1.29 is 24.3 Å². The number of carboxylic acids is 2. The van der Waals surface area contributed by atoms with Crippen LogP contribution in [-0.2, 0) is 9.59 Å². The lowest BCUT2D eigenvalue weighted by molar-refractivity contribution is -0.159. The molecule has 3 N–H and O–H groups in total. The van der Waals surface area contributed by atoms with Gasteiger partial charge in [-0.05, 0) is 6.42 Å². The van der Waals surface area contributed by atoms with Crippen LogP contribution in [0.5, 0.6) is 0 Å². The summed E-state index contributed by atoms with van der Waals surface area (Å²) in [5.41, 5.74) is 1.89. The minimum atomic E-state index is -1.82. The molecular weight excluding hydrogens is 264 g/mol. The predicted molar refractivity (Wildman–Crippen MR) is 62.0 cm³/mol. The molecule has 98 valence electrons. The van der Waals surface area contributed by atoms with Crippen molar-refractivity contribution in [2.75, 3.05) is 13.1 Å². The summed E-state index contributed by atoms with van der Waals surface area (Å²) in [6.45, 7) is 1.73. The van der Waals surface area contributed by atoms with Gasteiger partial charge in [0.15, 0.2) is 0 Å². The number of hydrogen-bond acceptors (Lipinski definition) is 5. The van der Waals surface area contributed by atoms with Gasteiger partial charge in [-0.25, -0.2) is 9.59 Å². The summed E-state index contributed by atoms with van der Waals surface area (Å²) in [6, 6.07) is 1.82. The maximum absolute atomic E-state index is 9.10. The number of aromatic nitrogens is 1. The minimum absolute atomic E-state index is 0.783. The number of aliphatic carboxylic acids is 2. The monoisotopic (exact) mass is 274 g/mol. The molecule has 0 atom stereocenters. The van der Waals surface area contributed by atoms with Gasteiger partial charge in [-0.2, -0.15) is 0 Å². The van der Waals surface area contributed by atoms with Crippen LogP contribution in [0.3, 0.4) is 0 Å². The summed E-state index contributed by atoms with van der Waals surface area (Å²) in [6.07, 6.45) is 2.44. The van der Waals surface area contributed by atoms with Crippen molar-refractivity contribution in [3.05, 3.63) is 23.1 Å². The van der Waals surface area contributed by atoms with E-state index in [-0.39, 0.29) is 0 Å². The van der Waals surface area contributed by atoms with E-state index in [9.17, 15) is 0 Å². The Morgan fingerprint density at radius 1 is 1.39 bits per heavy atom. The summed E-state index contributed by atoms with van der Waals surface area (Å²) in [5, 5.41) is 22.7. The fourth-order valence-corrected chi connectivity index (χ4v) is 1.51. The van der Waals surface area contributed by atoms with Crippen molar-refractivity contribution in [1.82, 2.24) is 10.5 Å². The van der Waals surface area contributed by atoms with Crippen molar-refractivity contribution in [3.8, 4) is 0 Å². The number of nitrogens with one attached hydrogen (secondary N) is 1. The van der Waals surface area contributed by atoms with Gasteiger partial charge in [0.1, 0.15) is 12.0 Å². The van der Waals surface area contributed by atoms with Crippen molar-refractivity contribution in [3.63, 3.8) is 0 Å². The zero-order chi connectivity index (χ0) is 13.5. The standard InChI is InChI=1S/C8H9ClN2O.C2H2O4/c9-7-1-3-10-5-6(7)8-2-4-12-11-8;3-1(4)2(5)6/h2,4,10H,1,3,5H2;(H,3,4)(H,5,6). The molecule has 0 saturated heterocycles. The quantitative estimate of drug-likeness (QED) is 0.648. The third-order valence-corrected chi connectivity index (χ3v) is 2.50. The average molecular weight is 275 g/mol. The molecule has 0 unspecified atom stereocenters. The van der Waals surface area contributed by atoms with E-state index < -0.39 is 11.9 Å². The summed E-state index contributed by atoms with van der Waals surface area (Å²) in [5.74, 6) is -3.65. The van der Waals surface area contributed by atoms with E-state index >= 15 is 0 Å². The van der Waals surface area contributed by atoms with E-state index in [1.807, 2.05) is 6.07 Å². The Morgan fingerprint density at radius 3 is 2.50 bits per heavy atom. The minimum Gasteiger partial charge on any atom is -0.473 e. The first-order valence-corrected chi connectivity index (χ1v) is 5.35. The van der Waals surface area contributed by atoms with Gasteiger partial charge in [-0.15, -0.1) is 0 Å². The van der Waals surface area contributed by atoms with Crippen LogP contribution in [0.4, 0.5) is 0 Å². The molecule has 0 aromatic carbocycles. The van der Waals surface area contributed by atoms with Crippen molar-refractivity contribution in [1.29, 1.82) is 0 Å². The first kappa shape index (κ1) is 14.2. The summed E-state index contributed by atoms with van der Waals surface area (Å²) < 4.78 is 4.75. The second-order valence-electron chi connectivity index (χ2n) is 3.31. The normalized spacial score (nSPS) is 14.7. The maximum atomic E-state index is 9.10. The van der Waals surface area contributed by atoms with Crippen molar-refractivity contribution in [2.45, 2.75) is 6.42 Å². The van der Waals surface area contributed by atoms with Crippen LogP contribution in [0.15, 0.2) is 21.9 Å². The number of halogens is 1. The Kier molecular flexibility index (Phi) is 5.34. The number of hydrogen-bond donors (Lipinski definition) is 3. The zero-order valence-electron chi connectivity index (χ0n) is 9.22. The van der Waals surface area contributed by atoms with E-state index in [1.54, 1.807) is 6.26 Å². The lowest BCUT2D eigenvalue weighted by Gasteiger charge is -2.14. The van der Waals surface area contributed by atoms with Gasteiger partial charge in [0.25, 0.3) is 0 Å². The molecule has 8 heteroatoms. The lowest BCUT2D eigenvalue weighted by Crippen LogP contribution is -2.23. The Hall–Kier alpha value is -1.86. The highest BCUT2D eigenvalue weighted by atomic mass is 35.5. The Bertz CT molecular complexity index is 443. The van der Waals surface area contributed by atoms with Gasteiger partial charge in [-0.3, -0.25) is 0 Å². The van der Waals surface area contributed by atoms with E-state index in [1.165, 1.54) is 0 Å². The number of rotatable bonds is 1. The molecular formula is C10H11ClN2O5. The fraction of sp³-hybridized carbons (Fsp3) is 0.300. The van der Waals surface area contributed by atoms with Crippen molar-refractivity contribution in [2.24, 2.45) is 0 Å². The van der Waals surface area contributed by atoms with Gasteiger partial charge in [-0.1, -0.05) is 16.8 Å². The molecule has 0 spiro atoms. The largest absolute Gasteiger partial charge is 0.473 e. The van der Waals surface area contributed by atoms with E-state index in [2.05, 4.69) is 10.5 Å². The van der Waals surface area contributed by atoms with Crippen LogP contribution in [-0.4, -0.2) is 40.4 Å². The van der Waals surface area contributed by atoms with Crippen molar-refractivity contribution >= 4 is 29.1 Å². The summed E-state index contributed by atoms with van der Waals surface area (Å²) >= 11 is 6.03. The molecule has 1 aliphatic heterocycles. The predicted octanol–water partition coefficient (Wildman–Crippen LogP) is 0.773. The molecule has 2 heterocycles. The fourth-order valence-electron chi connectivity index (χ4n) is 1.26. The highest BCUT2D eigenvalue weighted by Gasteiger charge is 2.13. The molecule has 0 radical (unpaired) electrons. The second-order valence-corrected chi connectivity index (χ2v) is 3.76. The molecule has 2 rings (SSSR count). The number of carbonyl (C=O) groups is 2. The first-order valence-electron chi connectivity index (χ1n) is 4.97. The second kappa shape index (κ2) is 6.77. The van der Waals surface area contributed by atoms with E-state index in [0.29, 0.717) is 0 Å². The summed E-state index contributed by atoms with van der Waals surface area (Å²) in [7, 11) is 0. The Morgan fingerprint density at radius 2 is 2.06 bits per heavy atom. The third-order valence-electron chi connectivity index (χ3n) is 2.08. The van der Waals surface area contributed by atoms with Gasteiger partial charge in [0, 0.05) is 29.8 Å². The smallest absolute Gasteiger partial charge is 0.414 e. The van der Waals surface area contributed by atoms with Crippen LogP contribution in [0.2, 0.25) is 0 Å². The Labute approximate surface area is 107 Å². The molecule has 0 aliphatic carbocycles. The number of carboxylic acid groups (broad SMARTS) is 2. The van der Waals surface area contributed by atoms with Gasteiger partial charge in [0.2, 0.25) is 0 Å². The summed E-state index contributed by atoms with van der Waals surface area (Å²) in [4.78, 5) is 18.2. The van der Waals surface area contributed by atoms with Gasteiger partial charge >= 0.3 is 11.9 Å². The SMILES string of the molecule is ClC1=C(c2ccon2)CNCC1.O=C(O)C(=O)O. The average Bonchev–Trinajstić information content (AvgIpc) is 2.83. The number of nitrogens with zero attached hydrogens (tertiary/aromatic N) is 1. The molecule has 0 bridgehead atoms. The maximum Gasteiger partial charge on any atom is 0.414 e. The molecule has 1 aromatic rings. The van der Waals surface area contributed by atoms with Crippen LogP contribution in [0.25, 0.3) is 5.57 Å². The van der Waals surface area contributed by atoms with Crippen LogP contribution in [0.1, 0.15) is 12.1 Å². The highest BCUT2D eigenvalue weighted by Crippen LogP contribution is 2.24. The third kappa shape index (κ3) is 4.19. The Balaban J connectivity index is 0.000000232. The highest BCUT2D eigenvalue weighted by molar-refractivity contribution is 6.32. The molecule has 0 fully saturated rings. The van der Waals surface area contributed by atoms with E-state index in [0.717, 1.165) is 35.8 Å². The molecule has 1 aliphatic rings. The molecule has 0 saturated carbocycles. The first-order chi connectivity index (χ1) is 8.52. The van der Waals surface area contributed by atoms with Crippen LogP contribution >= 0.6 is 11.6 Å². The topological polar surface area (TPSA) is 113 Å². The molecule has 0 amide bonds. The molecule has 7 nitrogen and oxygen atoms in total. The van der Waals surface area contributed by atoms with Crippen LogP contribution in [0, 0.1) is 0 Å². The molecule has 1 aromatic heterocycles.